The van der Waals surface area contributed by atoms with Crippen LogP contribution in [-0.2, 0) is 13.1 Å². The Morgan fingerprint density at radius 3 is 1.82 bits per heavy atom. The van der Waals surface area contributed by atoms with Crippen LogP contribution in [-0.4, -0.2) is 11.8 Å². The third-order valence-electron chi connectivity index (χ3n) is 4.31. The van der Waals surface area contributed by atoms with Gasteiger partial charge in [0.25, 0.3) is 11.8 Å². The van der Waals surface area contributed by atoms with Crippen molar-refractivity contribution in [3.05, 3.63) is 106 Å². The number of halogens is 1. The molecule has 0 spiro atoms. The maximum atomic E-state index is 12.3. The second-order valence-electron chi connectivity index (χ2n) is 6.56. The van der Waals surface area contributed by atoms with E-state index in [0.717, 1.165) is 16.7 Å². The number of carbonyl (C=O) groups is 2. The average Bonchev–Trinajstić information content (AvgIpc) is 2.71. The van der Waals surface area contributed by atoms with Gasteiger partial charge in [0, 0.05) is 29.2 Å². The maximum Gasteiger partial charge on any atom is 0.251 e. The summed E-state index contributed by atoms with van der Waals surface area (Å²) >= 11 is 5.85. The fourth-order valence-corrected chi connectivity index (χ4v) is 2.89. The largest absolute Gasteiger partial charge is 0.348 e. The summed E-state index contributed by atoms with van der Waals surface area (Å²) in [5.41, 5.74) is 4.18. The molecule has 28 heavy (non-hydrogen) atoms. The number of hydrogen-bond acceptors (Lipinski definition) is 2. The van der Waals surface area contributed by atoms with Gasteiger partial charge in [-0.2, -0.15) is 0 Å². The Kier molecular flexibility index (Phi) is 6.45. The first kappa shape index (κ1) is 19.6. The van der Waals surface area contributed by atoms with E-state index in [1.165, 1.54) is 0 Å². The predicted molar refractivity (Wildman–Crippen MR) is 111 cm³/mol. The van der Waals surface area contributed by atoms with E-state index in [4.69, 9.17) is 11.6 Å². The van der Waals surface area contributed by atoms with Gasteiger partial charge >= 0.3 is 0 Å². The van der Waals surface area contributed by atoms with Crippen molar-refractivity contribution in [2.45, 2.75) is 20.0 Å². The highest BCUT2D eigenvalue weighted by atomic mass is 35.5. The minimum Gasteiger partial charge on any atom is -0.348 e. The topological polar surface area (TPSA) is 58.2 Å². The van der Waals surface area contributed by atoms with Gasteiger partial charge in [-0.3, -0.25) is 9.59 Å². The summed E-state index contributed by atoms with van der Waals surface area (Å²) in [4.78, 5) is 24.6. The summed E-state index contributed by atoms with van der Waals surface area (Å²) in [6.07, 6.45) is 0. The van der Waals surface area contributed by atoms with Crippen molar-refractivity contribution in [1.82, 2.24) is 10.6 Å². The Morgan fingerprint density at radius 1 is 0.750 bits per heavy atom. The van der Waals surface area contributed by atoms with E-state index in [2.05, 4.69) is 10.6 Å². The van der Waals surface area contributed by atoms with Crippen molar-refractivity contribution in [2.75, 3.05) is 0 Å². The van der Waals surface area contributed by atoms with Crippen LogP contribution in [0.3, 0.4) is 0 Å². The van der Waals surface area contributed by atoms with Crippen LogP contribution in [0.1, 0.15) is 37.4 Å². The molecule has 0 saturated heterocycles. The Hall–Kier alpha value is -3.11. The Bertz CT molecular complexity index is 967. The monoisotopic (exact) mass is 392 g/mol. The van der Waals surface area contributed by atoms with Gasteiger partial charge in [-0.1, -0.05) is 53.6 Å². The van der Waals surface area contributed by atoms with Crippen molar-refractivity contribution in [2.24, 2.45) is 0 Å². The van der Waals surface area contributed by atoms with E-state index >= 15 is 0 Å². The molecular weight excluding hydrogens is 372 g/mol. The molecule has 3 aromatic rings. The zero-order chi connectivity index (χ0) is 19.9. The third kappa shape index (κ3) is 5.44. The second-order valence-corrected chi connectivity index (χ2v) is 6.99. The molecule has 0 aromatic heterocycles. The first-order chi connectivity index (χ1) is 13.5. The van der Waals surface area contributed by atoms with E-state index < -0.39 is 0 Å². The van der Waals surface area contributed by atoms with Crippen molar-refractivity contribution >= 4 is 23.4 Å². The minimum absolute atomic E-state index is 0.172. The second kappa shape index (κ2) is 9.20. The van der Waals surface area contributed by atoms with Crippen LogP contribution >= 0.6 is 11.6 Å². The Morgan fingerprint density at radius 2 is 1.29 bits per heavy atom. The van der Waals surface area contributed by atoms with Crippen LogP contribution in [0, 0.1) is 6.92 Å². The smallest absolute Gasteiger partial charge is 0.251 e. The highest BCUT2D eigenvalue weighted by molar-refractivity contribution is 6.30. The summed E-state index contributed by atoms with van der Waals surface area (Å²) in [5, 5.41) is 6.40. The van der Waals surface area contributed by atoms with E-state index in [9.17, 15) is 9.59 Å². The molecule has 0 bridgehead atoms. The number of aryl methyl sites for hydroxylation is 1. The SMILES string of the molecule is Cc1cccc(CNC(=O)c2ccc(C(=O)NCc3ccc(Cl)cc3)cc2)c1. The maximum absolute atomic E-state index is 12.3. The number of rotatable bonds is 6. The molecule has 3 rings (SSSR count). The molecule has 3 aromatic carbocycles. The minimum atomic E-state index is -0.193. The lowest BCUT2D eigenvalue weighted by Crippen LogP contribution is -2.24. The molecular formula is C23H21ClN2O2. The Balaban J connectivity index is 1.53. The summed E-state index contributed by atoms with van der Waals surface area (Å²) in [5.74, 6) is -0.365. The van der Waals surface area contributed by atoms with Gasteiger partial charge in [-0.05, 0) is 54.4 Å². The number of carbonyl (C=O) groups excluding carboxylic acids is 2. The quantitative estimate of drug-likeness (QED) is 0.648. The molecule has 0 aliphatic carbocycles. The number of amides is 2. The van der Waals surface area contributed by atoms with E-state index in [0.29, 0.717) is 29.2 Å². The average molecular weight is 393 g/mol. The number of benzene rings is 3. The van der Waals surface area contributed by atoms with Crippen molar-refractivity contribution < 1.29 is 9.59 Å². The number of nitrogens with one attached hydrogen (secondary N) is 2. The molecule has 0 radical (unpaired) electrons. The fraction of sp³-hybridized carbons (Fsp3) is 0.130. The van der Waals surface area contributed by atoms with E-state index in [1.807, 2.05) is 43.3 Å². The summed E-state index contributed by atoms with van der Waals surface area (Å²) in [6, 6.07) is 21.9. The highest BCUT2D eigenvalue weighted by Crippen LogP contribution is 2.10. The van der Waals surface area contributed by atoms with E-state index in [-0.39, 0.29) is 11.8 Å². The summed E-state index contributed by atoms with van der Waals surface area (Å²) in [7, 11) is 0. The van der Waals surface area contributed by atoms with E-state index in [1.54, 1.807) is 36.4 Å². The van der Waals surface area contributed by atoms with Gasteiger partial charge in [-0.15, -0.1) is 0 Å². The summed E-state index contributed by atoms with van der Waals surface area (Å²) in [6.45, 7) is 2.89. The first-order valence-corrected chi connectivity index (χ1v) is 9.35. The van der Waals surface area contributed by atoms with Crippen LogP contribution in [0.25, 0.3) is 0 Å². The van der Waals surface area contributed by atoms with Crippen LogP contribution < -0.4 is 10.6 Å². The zero-order valence-electron chi connectivity index (χ0n) is 15.5. The van der Waals surface area contributed by atoms with Crippen molar-refractivity contribution in [3.8, 4) is 0 Å². The predicted octanol–water partition coefficient (Wildman–Crippen LogP) is 4.51. The van der Waals surface area contributed by atoms with Crippen molar-refractivity contribution in [3.63, 3.8) is 0 Å². The van der Waals surface area contributed by atoms with Crippen LogP contribution in [0.15, 0.2) is 72.8 Å². The van der Waals surface area contributed by atoms with Crippen LogP contribution in [0.2, 0.25) is 5.02 Å². The van der Waals surface area contributed by atoms with Gasteiger partial charge in [0.2, 0.25) is 0 Å². The van der Waals surface area contributed by atoms with Crippen LogP contribution in [0.4, 0.5) is 0 Å². The molecule has 0 unspecified atom stereocenters. The molecule has 0 saturated carbocycles. The lowest BCUT2D eigenvalue weighted by molar-refractivity contribution is 0.0939. The van der Waals surface area contributed by atoms with Gasteiger partial charge in [-0.25, -0.2) is 0 Å². The first-order valence-electron chi connectivity index (χ1n) is 8.98. The normalized spacial score (nSPS) is 10.4. The molecule has 4 nitrogen and oxygen atoms in total. The molecule has 0 aliphatic heterocycles. The highest BCUT2D eigenvalue weighted by Gasteiger charge is 2.09. The fourth-order valence-electron chi connectivity index (χ4n) is 2.77. The standard InChI is InChI=1S/C23H21ClN2O2/c1-16-3-2-4-18(13-16)15-26-23(28)20-9-7-19(8-10-20)22(27)25-14-17-5-11-21(24)12-6-17/h2-13H,14-15H2,1H3,(H,25,27)(H,26,28). The van der Waals surface area contributed by atoms with Gasteiger partial charge in [0.05, 0.1) is 0 Å². The number of hydrogen-bond donors (Lipinski definition) is 2. The lowest BCUT2D eigenvalue weighted by atomic mass is 10.1. The molecule has 0 aliphatic rings. The summed E-state index contributed by atoms with van der Waals surface area (Å²) < 4.78 is 0. The molecule has 142 valence electrons. The molecule has 0 atom stereocenters. The molecule has 0 fully saturated rings. The lowest BCUT2D eigenvalue weighted by Gasteiger charge is -2.08. The zero-order valence-corrected chi connectivity index (χ0v) is 16.3. The third-order valence-corrected chi connectivity index (χ3v) is 4.56. The molecule has 5 heteroatoms. The molecule has 2 N–H and O–H groups in total. The van der Waals surface area contributed by atoms with Crippen molar-refractivity contribution in [1.29, 1.82) is 0 Å². The Labute approximate surface area is 169 Å². The molecule has 0 heterocycles. The van der Waals surface area contributed by atoms with Gasteiger partial charge in [0.1, 0.15) is 0 Å². The molecule has 2 amide bonds. The van der Waals surface area contributed by atoms with Gasteiger partial charge in [0.15, 0.2) is 0 Å². The van der Waals surface area contributed by atoms with Crippen LogP contribution in [0.5, 0.6) is 0 Å². The van der Waals surface area contributed by atoms with Gasteiger partial charge < -0.3 is 10.6 Å².